The van der Waals surface area contributed by atoms with Gasteiger partial charge in [0, 0.05) is 92.3 Å². The molecule has 2 aliphatic heterocycles. The lowest BCUT2D eigenvalue weighted by Gasteiger charge is -2.08. The predicted molar refractivity (Wildman–Crippen MR) is 334 cm³/mol. The van der Waals surface area contributed by atoms with Crippen LogP contribution in [0.15, 0.2) is 121 Å². The second-order valence-electron chi connectivity index (χ2n) is 26.5. The van der Waals surface area contributed by atoms with Gasteiger partial charge in [-0.1, -0.05) is 79.7 Å². The van der Waals surface area contributed by atoms with Crippen molar-refractivity contribution in [3.8, 4) is 23.0 Å². The van der Waals surface area contributed by atoms with Gasteiger partial charge in [0.1, 0.15) is 23.0 Å². The Labute approximate surface area is 522 Å². The van der Waals surface area contributed by atoms with Crippen molar-refractivity contribution in [2.24, 2.45) is 45.3 Å². The van der Waals surface area contributed by atoms with E-state index in [-0.39, 0.29) is 45.7 Å². The normalized spacial score (nSPS) is 22.7. The number of carbonyl (C=O) groups is 4. The lowest BCUT2D eigenvalue weighted by molar-refractivity contribution is -0.385. The maximum Gasteiger partial charge on any atom is 0.315 e. The van der Waals surface area contributed by atoms with Crippen molar-refractivity contribution in [3.05, 3.63) is 207 Å². The zero-order valence-electron chi connectivity index (χ0n) is 50.7. The predicted octanol–water partition coefficient (Wildman–Crippen LogP) is 13.7. The van der Waals surface area contributed by atoms with Gasteiger partial charge in [-0.15, -0.1) is 0 Å². The molecule has 4 saturated carbocycles. The van der Waals surface area contributed by atoms with Crippen LogP contribution in [0.25, 0.3) is 46.4 Å². The minimum absolute atomic E-state index is 0.0206. The summed E-state index contributed by atoms with van der Waals surface area (Å²) in [5.41, 5.74) is 1.79. The molecule has 0 saturated heterocycles. The van der Waals surface area contributed by atoms with E-state index in [4.69, 9.17) is 28.9 Å². The molecule has 2 N–H and O–H groups in total. The topological polar surface area (TPSA) is 335 Å². The van der Waals surface area contributed by atoms with Gasteiger partial charge >= 0.3 is 23.9 Å². The standard InChI is InChI=1S/C68H58N8O16/c1-65(2)53(57(65)61(77)89-37-17-9-13-33(29-37)73(81)82)49-41-21-23-43(69-41)50(54-58(66(54,3)4)62(78)90-38-18-10-14-34(30-38)74(83)84)45-25-27-47(71-45)52(56-60(68(56,7)8)64(80)92-40-20-12-16-36(32-40)76(87)88)48-28-26-46(72-48)51(44-24-22-42(49)70-44)55-59(67(55,5)6)63(79)91-39-19-11-15-35(31-39)75(85)86/h9-32,53-60,69,72H,1-8H3/t53-,54-,55-,56-,57-,58-,59-,60-/m0/s1. The number of benzene rings is 4. The molecule has 24 heteroatoms. The van der Waals surface area contributed by atoms with E-state index in [1.54, 1.807) is 0 Å². The van der Waals surface area contributed by atoms with E-state index in [1.807, 2.05) is 104 Å². The summed E-state index contributed by atoms with van der Waals surface area (Å²) in [6, 6.07) is 28.7. The largest absolute Gasteiger partial charge is 0.426 e. The van der Waals surface area contributed by atoms with E-state index in [9.17, 15) is 59.6 Å². The SMILES string of the molecule is CC1(C)[C@H](C(=O)Oc2cccc([N+](=O)[O-])c2)[C@@H]1c1c2nc(c([C@H]3[C@@H](C(=O)Oc4cccc([N+](=O)[O-])c4)C3(C)C)c3ccc([nH]3)c([C@H]3[C@@H](C(=O)Oc4cccc([N+](=O)[O-])c4)C3(C)C)c3nc(c([C@H]4[C@@H](C(=O)Oc5cccc([N+](=O)[O-])c5)C4(C)C)c4ccc1[nH]4)C=C3)C=C2. The lowest BCUT2D eigenvalue weighted by Crippen LogP contribution is -2.14. The number of ether oxygens (including phenoxy) is 4. The number of nitrogens with one attached hydrogen (secondary N) is 2. The molecule has 13 rings (SSSR count). The van der Waals surface area contributed by atoms with Crippen molar-refractivity contribution in [2.45, 2.75) is 79.1 Å². The van der Waals surface area contributed by atoms with Gasteiger partial charge in [-0.25, -0.2) is 9.97 Å². The maximum atomic E-state index is 14.6. The molecule has 466 valence electrons. The minimum atomic E-state index is -0.829. The molecule has 8 bridgehead atoms. The summed E-state index contributed by atoms with van der Waals surface area (Å²) >= 11 is 0. The van der Waals surface area contributed by atoms with Crippen LogP contribution in [0.3, 0.4) is 0 Å². The maximum absolute atomic E-state index is 14.6. The quantitative estimate of drug-likeness (QED) is 0.0393. The molecule has 0 unspecified atom stereocenters. The van der Waals surface area contributed by atoms with Crippen molar-refractivity contribution in [3.63, 3.8) is 0 Å². The second-order valence-corrected chi connectivity index (χ2v) is 26.5. The number of nitrogens with zero attached hydrogens (tertiary/aromatic N) is 6. The number of non-ortho nitro benzene ring substituents is 4. The Kier molecular flexibility index (Phi) is 13.9. The molecule has 4 fully saturated rings. The first-order valence-electron chi connectivity index (χ1n) is 29.6. The molecule has 6 aliphatic rings. The molecule has 0 radical (unpaired) electrons. The molecular weight excluding hydrogens is 1180 g/mol. The van der Waals surface area contributed by atoms with Crippen LogP contribution in [0.2, 0.25) is 0 Å². The number of rotatable bonds is 16. The molecule has 24 nitrogen and oxygen atoms in total. The fourth-order valence-corrected chi connectivity index (χ4v) is 14.4. The Morgan fingerprint density at radius 1 is 0.359 bits per heavy atom. The Bertz CT molecular complexity index is 4120. The van der Waals surface area contributed by atoms with Gasteiger partial charge in [0.25, 0.3) is 22.7 Å². The molecule has 8 atom stereocenters. The molecule has 4 aliphatic carbocycles. The van der Waals surface area contributed by atoms with Crippen molar-refractivity contribution in [2.75, 3.05) is 0 Å². The first kappa shape index (κ1) is 59.9. The average Bonchev–Trinajstić information content (AvgIpc) is 1.55. The highest BCUT2D eigenvalue weighted by Crippen LogP contribution is 2.70. The van der Waals surface area contributed by atoms with Crippen LogP contribution in [0, 0.1) is 85.8 Å². The molecule has 7 aromatic rings. The van der Waals surface area contributed by atoms with Gasteiger partial charge < -0.3 is 28.9 Å². The highest BCUT2D eigenvalue weighted by Gasteiger charge is 2.68. The zero-order chi connectivity index (χ0) is 65.4. The van der Waals surface area contributed by atoms with Crippen molar-refractivity contribution < 1.29 is 57.8 Å². The molecule has 5 heterocycles. The third-order valence-corrected chi connectivity index (χ3v) is 19.5. The number of H-pyrrole nitrogens is 2. The van der Waals surface area contributed by atoms with E-state index in [1.165, 1.54) is 97.1 Å². The van der Waals surface area contributed by atoms with E-state index < -0.39 is 113 Å². The van der Waals surface area contributed by atoms with Gasteiger partial charge in [-0.2, -0.15) is 0 Å². The lowest BCUT2D eigenvalue weighted by atomic mass is 10.0. The number of nitro benzene ring substituents is 4. The highest BCUT2D eigenvalue weighted by atomic mass is 16.6. The second kappa shape index (κ2) is 21.3. The Balaban J connectivity index is 1.03. The summed E-state index contributed by atoms with van der Waals surface area (Å²) in [5.74, 6) is -8.45. The fraction of sp³-hybridized carbons (Fsp3) is 0.294. The Morgan fingerprint density at radius 3 is 0.761 bits per heavy atom. The summed E-state index contributed by atoms with van der Waals surface area (Å²) in [6.07, 6.45) is 7.27. The van der Waals surface area contributed by atoms with Crippen molar-refractivity contribution in [1.29, 1.82) is 0 Å². The molecule has 0 amide bonds. The van der Waals surface area contributed by atoms with Gasteiger partial charge in [0.05, 0.1) is 90.4 Å². The van der Waals surface area contributed by atoms with E-state index in [0.29, 0.717) is 67.1 Å². The summed E-state index contributed by atoms with van der Waals surface area (Å²) in [6.45, 7) is 15.3. The fourth-order valence-electron chi connectivity index (χ4n) is 14.4. The molecule has 4 aromatic carbocycles. The molecular formula is C68H58N8O16. The van der Waals surface area contributed by atoms with Crippen molar-refractivity contribution in [1.82, 2.24) is 19.9 Å². The summed E-state index contributed by atoms with van der Waals surface area (Å²) in [5, 5.41) is 47.2. The number of aromatic amines is 2. The van der Waals surface area contributed by atoms with Crippen LogP contribution in [0.1, 0.15) is 124 Å². The molecule has 0 spiro atoms. The van der Waals surface area contributed by atoms with Crippen LogP contribution in [-0.4, -0.2) is 63.5 Å². The number of esters is 4. The Hall–Kier alpha value is -11.0. The first-order chi connectivity index (χ1) is 43.6. The number of hydrogen-bond donors (Lipinski definition) is 2. The summed E-state index contributed by atoms with van der Waals surface area (Å²) < 4.78 is 23.7. The smallest absolute Gasteiger partial charge is 0.315 e. The highest BCUT2D eigenvalue weighted by molar-refractivity contribution is 5.92. The number of nitro groups is 4. The number of hydrogen-bond acceptors (Lipinski definition) is 18. The van der Waals surface area contributed by atoms with E-state index in [0.717, 1.165) is 0 Å². The third-order valence-electron chi connectivity index (χ3n) is 19.5. The van der Waals surface area contributed by atoms with Gasteiger partial charge in [0.2, 0.25) is 0 Å². The van der Waals surface area contributed by atoms with E-state index >= 15 is 0 Å². The average molecular weight is 1240 g/mol. The van der Waals surface area contributed by atoms with Gasteiger partial charge in [-0.05, 0) is 94.5 Å². The zero-order valence-corrected chi connectivity index (χ0v) is 50.7. The van der Waals surface area contributed by atoms with Crippen LogP contribution >= 0.6 is 0 Å². The van der Waals surface area contributed by atoms with Crippen LogP contribution < -0.4 is 18.9 Å². The molecule has 3 aromatic heterocycles. The monoisotopic (exact) mass is 1240 g/mol. The number of aromatic nitrogens is 4. The first-order valence-corrected chi connectivity index (χ1v) is 29.6. The summed E-state index contributed by atoms with van der Waals surface area (Å²) in [7, 11) is 0. The van der Waals surface area contributed by atoms with Crippen molar-refractivity contribution >= 4 is 93.0 Å². The van der Waals surface area contributed by atoms with Gasteiger partial charge in [-0.3, -0.25) is 59.6 Å². The third kappa shape index (κ3) is 10.2. The summed E-state index contributed by atoms with van der Waals surface area (Å²) in [4.78, 5) is 121. The van der Waals surface area contributed by atoms with E-state index in [2.05, 4.69) is 9.97 Å². The van der Waals surface area contributed by atoms with Gasteiger partial charge in [0.15, 0.2) is 0 Å². The number of fused-ring (bicyclic) bond motifs is 8. The Morgan fingerprint density at radius 2 is 0.565 bits per heavy atom. The number of carbonyl (C=O) groups excluding carboxylic acids is 4. The van der Waals surface area contributed by atoms with Crippen LogP contribution in [-0.2, 0) is 19.2 Å². The minimum Gasteiger partial charge on any atom is -0.426 e. The van der Waals surface area contributed by atoms with Crippen LogP contribution in [0.4, 0.5) is 22.7 Å². The molecule has 92 heavy (non-hydrogen) atoms. The van der Waals surface area contributed by atoms with Crippen LogP contribution in [0.5, 0.6) is 23.0 Å².